The van der Waals surface area contributed by atoms with Crippen LogP contribution in [-0.2, 0) is 9.59 Å². The number of hydrogen-bond acceptors (Lipinski definition) is 3. The molecule has 0 saturated carbocycles. The molecular weight excluding hydrogens is 250 g/mol. The van der Waals surface area contributed by atoms with E-state index in [4.69, 9.17) is 0 Å². The molecule has 1 unspecified atom stereocenters. The number of thioether (sulfide) groups is 1. The Kier molecular flexibility index (Phi) is 4.70. The van der Waals surface area contributed by atoms with E-state index >= 15 is 0 Å². The number of carbonyl (C=O) groups excluding carboxylic acids is 1. The molecule has 1 atom stereocenters. The monoisotopic (exact) mass is 273 g/mol. The first-order valence-corrected chi connectivity index (χ1v) is 7.39. The van der Waals surface area contributed by atoms with Crippen molar-refractivity contribution in [2.45, 2.75) is 57.2 Å². The number of carboxylic acids is 1. The zero-order valence-corrected chi connectivity index (χ0v) is 12.5. The maximum atomic E-state index is 12.2. The SMILES string of the molecule is CCC1(C(=O)O)CCCN1C(=O)CSC(C)(C)C. The first kappa shape index (κ1) is 15.3. The van der Waals surface area contributed by atoms with Gasteiger partial charge in [0.25, 0.3) is 0 Å². The molecule has 1 saturated heterocycles. The van der Waals surface area contributed by atoms with E-state index in [0.717, 1.165) is 6.42 Å². The van der Waals surface area contributed by atoms with Crippen LogP contribution in [-0.4, -0.2) is 44.5 Å². The summed E-state index contributed by atoms with van der Waals surface area (Å²) in [5.74, 6) is -0.549. The Morgan fingerprint density at radius 3 is 2.44 bits per heavy atom. The lowest BCUT2D eigenvalue weighted by atomic mass is 9.93. The van der Waals surface area contributed by atoms with Gasteiger partial charge in [0.1, 0.15) is 5.54 Å². The minimum Gasteiger partial charge on any atom is -0.479 e. The van der Waals surface area contributed by atoms with Crippen LogP contribution in [0.1, 0.15) is 47.0 Å². The fourth-order valence-electron chi connectivity index (χ4n) is 2.34. The first-order valence-electron chi connectivity index (χ1n) is 6.41. The first-order chi connectivity index (χ1) is 8.23. The van der Waals surface area contributed by atoms with Crippen LogP contribution in [0.4, 0.5) is 0 Å². The largest absolute Gasteiger partial charge is 0.479 e. The van der Waals surface area contributed by atoms with Crippen LogP contribution in [0.2, 0.25) is 0 Å². The van der Waals surface area contributed by atoms with Gasteiger partial charge < -0.3 is 10.0 Å². The van der Waals surface area contributed by atoms with Crippen molar-refractivity contribution < 1.29 is 14.7 Å². The summed E-state index contributed by atoms with van der Waals surface area (Å²) < 4.78 is 0.0213. The van der Waals surface area contributed by atoms with Crippen LogP contribution in [0.25, 0.3) is 0 Å². The standard InChI is InChI=1S/C13H23NO3S/c1-5-13(11(16)17)7-6-8-14(13)10(15)9-18-12(2,3)4/h5-9H2,1-4H3,(H,16,17). The molecule has 1 aliphatic heterocycles. The molecule has 1 fully saturated rings. The highest BCUT2D eigenvalue weighted by atomic mass is 32.2. The quantitative estimate of drug-likeness (QED) is 0.854. The van der Waals surface area contributed by atoms with Crippen LogP contribution < -0.4 is 0 Å². The molecule has 1 amide bonds. The second-order valence-corrected chi connectivity index (χ2v) is 7.54. The predicted octanol–water partition coefficient (Wildman–Crippen LogP) is 2.37. The van der Waals surface area contributed by atoms with E-state index in [1.54, 1.807) is 16.7 Å². The fraction of sp³-hybridized carbons (Fsp3) is 0.846. The number of aliphatic carboxylic acids is 1. The van der Waals surface area contributed by atoms with Gasteiger partial charge >= 0.3 is 5.97 Å². The van der Waals surface area contributed by atoms with Gasteiger partial charge in [-0.25, -0.2) is 4.79 Å². The Morgan fingerprint density at radius 2 is 2.00 bits per heavy atom. The van der Waals surface area contributed by atoms with E-state index in [1.165, 1.54) is 0 Å². The number of rotatable bonds is 4. The topological polar surface area (TPSA) is 57.6 Å². The minimum absolute atomic E-state index is 0.0213. The lowest BCUT2D eigenvalue weighted by Gasteiger charge is -2.34. The fourth-order valence-corrected chi connectivity index (χ4v) is 3.05. The van der Waals surface area contributed by atoms with Crippen molar-refractivity contribution in [1.82, 2.24) is 4.90 Å². The molecule has 4 nitrogen and oxygen atoms in total. The smallest absolute Gasteiger partial charge is 0.329 e. The molecule has 18 heavy (non-hydrogen) atoms. The van der Waals surface area contributed by atoms with Crippen LogP contribution in [0.15, 0.2) is 0 Å². The maximum Gasteiger partial charge on any atom is 0.329 e. The Labute approximate surface area is 113 Å². The second kappa shape index (κ2) is 5.51. The second-order valence-electron chi connectivity index (χ2n) is 5.74. The molecule has 0 aromatic heterocycles. The van der Waals surface area contributed by atoms with Crippen molar-refractivity contribution in [2.24, 2.45) is 0 Å². The number of likely N-dealkylation sites (tertiary alicyclic amines) is 1. The van der Waals surface area contributed by atoms with Gasteiger partial charge in [-0.1, -0.05) is 27.7 Å². The van der Waals surface area contributed by atoms with E-state index in [9.17, 15) is 14.7 Å². The van der Waals surface area contributed by atoms with Crippen molar-refractivity contribution in [3.63, 3.8) is 0 Å². The molecule has 0 spiro atoms. The molecule has 0 radical (unpaired) electrons. The summed E-state index contributed by atoms with van der Waals surface area (Å²) >= 11 is 1.57. The van der Waals surface area contributed by atoms with Gasteiger partial charge in [-0.2, -0.15) is 0 Å². The maximum absolute atomic E-state index is 12.2. The summed E-state index contributed by atoms with van der Waals surface area (Å²) in [5.41, 5.74) is -0.963. The molecule has 1 rings (SSSR count). The van der Waals surface area contributed by atoms with Crippen molar-refractivity contribution in [2.75, 3.05) is 12.3 Å². The lowest BCUT2D eigenvalue weighted by Crippen LogP contribution is -2.53. The molecule has 1 aliphatic rings. The normalized spacial score (nSPS) is 24.3. The molecule has 0 aliphatic carbocycles. The van der Waals surface area contributed by atoms with Crippen LogP contribution >= 0.6 is 11.8 Å². The minimum atomic E-state index is -0.963. The Balaban J connectivity index is 2.75. The highest BCUT2D eigenvalue weighted by Crippen LogP contribution is 2.34. The summed E-state index contributed by atoms with van der Waals surface area (Å²) in [6.07, 6.45) is 1.84. The summed E-state index contributed by atoms with van der Waals surface area (Å²) in [4.78, 5) is 25.3. The zero-order valence-electron chi connectivity index (χ0n) is 11.7. The molecular formula is C13H23NO3S. The number of nitrogens with zero attached hydrogens (tertiary/aromatic N) is 1. The van der Waals surface area contributed by atoms with Crippen LogP contribution in [0.3, 0.4) is 0 Å². The number of carbonyl (C=O) groups is 2. The third-order valence-electron chi connectivity index (χ3n) is 3.40. The molecule has 0 aromatic rings. The van der Waals surface area contributed by atoms with Gasteiger partial charge in [-0.3, -0.25) is 4.79 Å². The van der Waals surface area contributed by atoms with Gasteiger partial charge in [-0.15, -0.1) is 11.8 Å². The third-order valence-corrected chi connectivity index (χ3v) is 4.66. The predicted molar refractivity (Wildman–Crippen MR) is 73.8 cm³/mol. The van der Waals surface area contributed by atoms with E-state index < -0.39 is 11.5 Å². The van der Waals surface area contributed by atoms with E-state index in [1.807, 2.05) is 6.92 Å². The third kappa shape index (κ3) is 3.19. The lowest BCUT2D eigenvalue weighted by molar-refractivity contribution is -0.155. The van der Waals surface area contributed by atoms with Crippen LogP contribution in [0, 0.1) is 0 Å². The van der Waals surface area contributed by atoms with Crippen molar-refractivity contribution in [3.05, 3.63) is 0 Å². The Hall–Kier alpha value is -0.710. The molecule has 104 valence electrons. The number of carboxylic acid groups (broad SMARTS) is 1. The highest BCUT2D eigenvalue weighted by molar-refractivity contribution is 8.01. The van der Waals surface area contributed by atoms with Crippen molar-refractivity contribution >= 4 is 23.6 Å². The molecule has 5 heteroatoms. The van der Waals surface area contributed by atoms with E-state index in [-0.39, 0.29) is 10.7 Å². The summed E-state index contributed by atoms with van der Waals surface area (Å²) in [5, 5.41) is 9.41. The average Bonchev–Trinajstić information content (AvgIpc) is 2.69. The van der Waals surface area contributed by atoms with E-state index in [0.29, 0.717) is 25.1 Å². The summed E-state index contributed by atoms with van der Waals surface area (Å²) in [6.45, 7) is 8.58. The van der Waals surface area contributed by atoms with Crippen LogP contribution in [0.5, 0.6) is 0 Å². The van der Waals surface area contributed by atoms with Gasteiger partial charge in [0, 0.05) is 11.3 Å². The molecule has 0 aromatic carbocycles. The number of hydrogen-bond donors (Lipinski definition) is 1. The Morgan fingerprint density at radius 1 is 1.39 bits per heavy atom. The molecule has 1 heterocycles. The Bertz CT molecular complexity index is 338. The molecule has 0 bridgehead atoms. The van der Waals surface area contributed by atoms with Crippen molar-refractivity contribution in [3.8, 4) is 0 Å². The highest BCUT2D eigenvalue weighted by Gasteiger charge is 2.48. The van der Waals surface area contributed by atoms with Gasteiger partial charge in [-0.05, 0) is 19.3 Å². The van der Waals surface area contributed by atoms with Crippen molar-refractivity contribution in [1.29, 1.82) is 0 Å². The number of amides is 1. The van der Waals surface area contributed by atoms with Gasteiger partial charge in [0.15, 0.2) is 0 Å². The zero-order chi connectivity index (χ0) is 14.0. The van der Waals surface area contributed by atoms with Gasteiger partial charge in [0.2, 0.25) is 5.91 Å². The van der Waals surface area contributed by atoms with E-state index in [2.05, 4.69) is 20.8 Å². The summed E-state index contributed by atoms with van der Waals surface area (Å²) in [7, 11) is 0. The molecule has 1 N–H and O–H groups in total. The average molecular weight is 273 g/mol. The summed E-state index contributed by atoms with van der Waals surface area (Å²) in [6, 6.07) is 0. The van der Waals surface area contributed by atoms with Gasteiger partial charge in [0.05, 0.1) is 5.75 Å².